The van der Waals surface area contributed by atoms with E-state index in [0.717, 1.165) is 23.8 Å². The highest BCUT2D eigenvalue weighted by Gasteiger charge is 1.95. The Morgan fingerprint density at radius 1 is 1.29 bits per heavy atom. The first kappa shape index (κ1) is 10.7. The third-order valence-corrected chi connectivity index (χ3v) is 2.44. The molecule has 1 aromatic rings. The molecule has 0 heterocycles. The Bertz CT molecular complexity index is 361. The van der Waals surface area contributed by atoms with Crippen molar-refractivity contribution in [3.05, 3.63) is 40.5 Å². The summed E-state index contributed by atoms with van der Waals surface area (Å²) in [5, 5.41) is 0. The lowest BCUT2D eigenvalue weighted by atomic mass is 10.0. The van der Waals surface area contributed by atoms with E-state index in [0.29, 0.717) is 0 Å². The molecule has 0 atom stereocenters. The Morgan fingerprint density at radius 2 is 2.00 bits per heavy atom. The van der Waals surface area contributed by atoms with Gasteiger partial charge in [-0.25, -0.2) is 0 Å². The minimum Gasteiger partial charge on any atom is -0.298 e. The third-order valence-electron chi connectivity index (χ3n) is 2.44. The third kappa shape index (κ3) is 2.56. The largest absolute Gasteiger partial charge is 0.298 e. The second-order valence-electron chi connectivity index (χ2n) is 3.53. The van der Waals surface area contributed by atoms with Gasteiger partial charge in [0.25, 0.3) is 0 Å². The molecule has 0 fully saturated rings. The predicted molar refractivity (Wildman–Crippen MR) is 60.2 cm³/mol. The lowest BCUT2D eigenvalue weighted by molar-refractivity contribution is -0.104. The van der Waals surface area contributed by atoms with Gasteiger partial charge < -0.3 is 0 Å². The van der Waals surface area contributed by atoms with Gasteiger partial charge in [-0.2, -0.15) is 0 Å². The normalized spacial score (nSPS) is 11.5. The highest BCUT2D eigenvalue weighted by molar-refractivity contribution is 5.81. The maximum absolute atomic E-state index is 10.6. The second kappa shape index (κ2) is 4.75. The summed E-state index contributed by atoms with van der Waals surface area (Å²) in [6.45, 7) is 6.16. The van der Waals surface area contributed by atoms with Crippen LogP contribution in [0.15, 0.2) is 23.8 Å². The molecule has 0 radical (unpaired) electrons. The van der Waals surface area contributed by atoms with Gasteiger partial charge in [-0.3, -0.25) is 4.79 Å². The van der Waals surface area contributed by atoms with Crippen LogP contribution in [0.5, 0.6) is 0 Å². The smallest absolute Gasteiger partial charge is 0.146 e. The fraction of sp³-hybridized carbons (Fsp3) is 0.308. The second-order valence-corrected chi connectivity index (χ2v) is 3.53. The maximum Gasteiger partial charge on any atom is 0.146 e. The fourth-order valence-electron chi connectivity index (χ4n) is 1.29. The quantitative estimate of drug-likeness (QED) is 0.525. The van der Waals surface area contributed by atoms with Crippen molar-refractivity contribution >= 4 is 12.4 Å². The molecular weight excluding hydrogens is 172 g/mol. The van der Waals surface area contributed by atoms with E-state index in [1.54, 1.807) is 0 Å². The van der Waals surface area contributed by atoms with Crippen LogP contribution in [0.4, 0.5) is 0 Å². The van der Waals surface area contributed by atoms with E-state index in [1.807, 2.05) is 19.1 Å². The Morgan fingerprint density at radius 3 is 2.50 bits per heavy atom. The molecule has 0 unspecified atom stereocenters. The molecular formula is C13H16O. The van der Waals surface area contributed by atoms with Gasteiger partial charge in [0, 0.05) is 0 Å². The number of hydrogen-bond donors (Lipinski definition) is 0. The standard InChI is InChI=1S/C13H16O/c1-4-12(9-14)8-13-6-5-10(2)11(3)7-13/h5-9H,4H2,1-3H3/b12-8-. The molecule has 0 spiro atoms. The van der Waals surface area contributed by atoms with Gasteiger partial charge in [-0.05, 0) is 48.6 Å². The van der Waals surface area contributed by atoms with Crippen LogP contribution in [0.2, 0.25) is 0 Å². The van der Waals surface area contributed by atoms with Crippen LogP contribution in [-0.4, -0.2) is 6.29 Å². The summed E-state index contributed by atoms with van der Waals surface area (Å²) >= 11 is 0. The number of allylic oxidation sites excluding steroid dienone is 1. The summed E-state index contributed by atoms with van der Waals surface area (Å²) in [5.41, 5.74) is 4.50. The van der Waals surface area contributed by atoms with Crippen molar-refractivity contribution in [1.82, 2.24) is 0 Å². The van der Waals surface area contributed by atoms with E-state index < -0.39 is 0 Å². The molecule has 0 aromatic heterocycles. The molecule has 0 saturated heterocycles. The summed E-state index contributed by atoms with van der Waals surface area (Å²) in [7, 11) is 0. The highest BCUT2D eigenvalue weighted by atomic mass is 16.1. The average Bonchev–Trinajstić information content (AvgIpc) is 2.19. The Kier molecular flexibility index (Phi) is 3.63. The molecule has 0 N–H and O–H groups in total. The Hall–Kier alpha value is -1.37. The van der Waals surface area contributed by atoms with E-state index in [9.17, 15) is 4.79 Å². The number of hydrogen-bond acceptors (Lipinski definition) is 1. The van der Waals surface area contributed by atoms with E-state index >= 15 is 0 Å². The molecule has 1 heteroatoms. The summed E-state index contributed by atoms with van der Waals surface area (Å²) in [6.07, 6.45) is 3.66. The highest BCUT2D eigenvalue weighted by Crippen LogP contribution is 2.13. The molecule has 14 heavy (non-hydrogen) atoms. The van der Waals surface area contributed by atoms with Crippen LogP contribution < -0.4 is 0 Å². The lowest BCUT2D eigenvalue weighted by Gasteiger charge is -2.01. The van der Waals surface area contributed by atoms with E-state index in [-0.39, 0.29) is 0 Å². The van der Waals surface area contributed by atoms with E-state index in [4.69, 9.17) is 0 Å². The average molecular weight is 188 g/mol. The topological polar surface area (TPSA) is 17.1 Å². The first-order valence-corrected chi connectivity index (χ1v) is 4.90. The predicted octanol–water partition coefficient (Wildman–Crippen LogP) is 3.30. The Balaban J connectivity index is 3.03. The van der Waals surface area contributed by atoms with Crippen LogP contribution in [0.25, 0.3) is 6.08 Å². The summed E-state index contributed by atoms with van der Waals surface area (Å²) in [4.78, 5) is 10.6. The zero-order chi connectivity index (χ0) is 10.6. The molecule has 74 valence electrons. The molecule has 0 bridgehead atoms. The zero-order valence-corrected chi connectivity index (χ0v) is 9.00. The minimum absolute atomic E-state index is 0.788. The van der Waals surface area contributed by atoms with Crippen molar-refractivity contribution in [3.63, 3.8) is 0 Å². The molecule has 0 aliphatic rings. The number of carbonyl (C=O) groups excluding carboxylic acids is 1. The molecule has 0 amide bonds. The molecule has 0 aliphatic carbocycles. The van der Waals surface area contributed by atoms with Gasteiger partial charge in [0.15, 0.2) is 0 Å². The first-order valence-electron chi connectivity index (χ1n) is 4.90. The summed E-state index contributed by atoms with van der Waals surface area (Å²) in [5.74, 6) is 0. The van der Waals surface area contributed by atoms with Gasteiger partial charge in [-0.15, -0.1) is 0 Å². The van der Waals surface area contributed by atoms with Crippen LogP contribution in [0.1, 0.15) is 30.0 Å². The van der Waals surface area contributed by atoms with Gasteiger partial charge in [0.2, 0.25) is 0 Å². The van der Waals surface area contributed by atoms with Gasteiger partial charge >= 0.3 is 0 Å². The van der Waals surface area contributed by atoms with Gasteiger partial charge in [0.05, 0.1) is 0 Å². The molecule has 0 aliphatic heterocycles. The first-order chi connectivity index (χ1) is 6.67. The number of rotatable bonds is 3. The van der Waals surface area contributed by atoms with Crippen molar-refractivity contribution in [2.24, 2.45) is 0 Å². The minimum atomic E-state index is 0.788. The number of aldehydes is 1. The van der Waals surface area contributed by atoms with Gasteiger partial charge in [-0.1, -0.05) is 25.1 Å². The molecule has 1 aromatic carbocycles. The van der Waals surface area contributed by atoms with Crippen LogP contribution in [0.3, 0.4) is 0 Å². The van der Waals surface area contributed by atoms with Crippen LogP contribution in [-0.2, 0) is 4.79 Å². The van der Waals surface area contributed by atoms with Crippen molar-refractivity contribution in [2.75, 3.05) is 0 Å². The van der Waals surface area contributed by atoms with E-state index in [1.165, 1.54) is 11.1 Å². The van der Waals surface area contributed by atoms with Crippen LogP contribution >= 0.6 is 0 Å². The summed E-state index contributed by atoms with van der Waals surface area (Å²) in [6, 6.07) is 6.23. The van der Waals surface area contributed by atoms with Crippen molar-refractivity contribution in [1.29, 1.82) is 0 Å². The molecule has 1 rings (SSSR count). The monoisotopic (exact) mass is 188 g/mol. The number of benzene rings is 1. The Labute approximate surface area is 85.5 Å². The lowest BCUT2D eigenvalue weighted by Crippen LogP contribution is -1.85. The van der Waals surface area contributed by atoms with E-state index in [2.05, 4.69) is 26.0 Å². The van der Waals surface area contributed by atoms with Crippen molar-refractivity contribution < 1.29 is 4.79 Å². The number of aryl methyl sites for hydroxylation is 2. The fourth-order valence-corrected chi connectivity index (χ4v) is 1.29. The SMILES string of the molecule is CC/C(C=O)=C/c1ccc(C)c(C)c1. The van der Waals surface area contributed by atoms with Crippen molar-refractivity contribution in [2.45, 2.75) is 27.2 Å². The molecule has 0 saturated carbocycles. The summed E-state index contributed by atoms with van der Waals surface area (Å²) < 4.78 is 0. The zero-order valence-electron chi connectivity index (χ0n) is 9.00. The van der Waals surface area contributed by atoms with Crippen molar-refractivity contribution in [3.8, 4) is 0 Å². The van der Waals surface area contributed by atoms with Gasteiger partial charge in [0.1, 0.15) is 6.29 Å². The molecule has 1 nitrogen and oxygen atoms in total. The van der Waals surface area contributed by atoms with Crippen LogP contribution in [0, 0.1) is 13.8 Å². The number of carbonyl (C=O) groups is 1. The maximum atomic E-state index is 10.6.